The van der Waals surface area contributed by atoms with Gasteiger partial charge in [0, 0.05) is 111 Å². The largest absolute Gasteiger partial charge is 0.508 e. The van der Waals surface area contributed by atoms with Crippen molar-refractivity contribution in [3.05, 3.63) is 77.0 Å². The van der Waals surface area contributed by atoms with Crippen LogP contribution in [0.5, 0.6) is 11.8 Å². The summed E-state index contributed by atoms with van der Waals surface area (Å²) in [4.78, 5) is 62.8. The van der Waals surface area contributed by atoms with Crippen molar-refractivity contribution < 1.29 is 37.4 Å². The number of rotatable bonds is 12. The minimum atomic E-state index is -1.17. The van der Waals surface area contributed by atoms with E-state index in [1.807, 2.05) is 12.1 Å². The van der Waals surface area contributed by atoms with Gasteiger partial charge < -0.3 is 34.8 Å². The fourth-order valence-corrected chi connectivity index (χ4v) is 13.4. The Morgan fingerprint density at radius 1 is 0.853 bits per heavy atom. The first-order valence-corrected chi connectivity index (χ1v) is 26.9. The fraction of sp³-hybridized carbons (Fsp3) is 0.509. The third-order valence-corrected chi connectivity index (χ3v) is 17.4. The second kappa shape index (κ2) is 20.2. The molecule has 2 aromatic heterocycles. The molecule has 3 aromatic carbocycles. The van der Waals surface area contributed by atoms with Crippen LogP contribution in [0.4, 0.5) is 24.7 Å². The Hall–Kier alpha value is -6.55. The highest BCUT2D eigenvalue weighted by molar-refractivity contribution is 6.06. The molecule has 3 amide bonds. The predicted molar refractivity (Wildman–Crippen MR) is 278 cm³/mol. The third kappa shape index (κ3) is 9.72. The van der Waals surface area contributed by atoms with E-state index >= 15 is 13.2 Å². The van der Waals surface area contributed by atoms with Gasteiger partial charge >= 0.3 is 6.01 Å². The van der Waals surface area contributed by atoms with Crippen LogP contribution >= 0.6 is 0 Å². The number of aromatic nitrogens is 3. The van der Waals surface area contributed by atoms with Crippen LogP contribution in [0.2, 0.25) is 0 Å². The summed E-state index contributed by atoms with van der Waals surface area (Å²) in [6, 6.07) is 11.3. The molecule has 0 radical (unpaired) electrons. The number of nitrogens with zero attached hydrogens (tertiary/aromatic N) is 8. The van der Waals surface area contributed by atoms with Crippen molar-refractivity contribution in [2.24, 2.45) is 11.8 Å². The van der Waals surface area contributed by atoms with E-state index in [1.54, 1.807) is 4.90 Å². The molecule has 18 heteroatoms. The molecule has 7 aliphatic rings. The number of carbonyl (C=O) groups is 3. The Kier molecular flexibility index (Phi) is 13.3. The molecule has 9 heterocycles. The lowest BCUT2D eigenvalue weighted by Crippen LogP contribution is -2.52. The molecular weight excluding hydrogens is 962 g/mol. The highest BCUT2D eigenvalue weighted by atomic mass is 19.1. The van der Waals surface area contributed by atoms with Crippen LogP contribution in [-0.4, -0.2) is 148 Å². The molecule has 7 aliphatic heterocycles. The third-order valence-electron chi connectivity index (χ3n) is 17.4. The molecule has 3 atom stereocenters. The molecule has 392 valence electrons. The minimum absolute atomic E-state index is 0.00373. The first kappa shape index (κ1) is 49.3. The number of terminal acetylenes is 1. The maximum Gasteiger partial charge on any atom is 0.319 e. The normalized spacial score (nSPS) is 23.8. The maximum absolute atomic E-state index is 17.0. The number of ether oxygens (including phenoxy) is 1. The van der Waals surface area contributed by atoms with E-state index in [0.717, 1.165) is 95.6 Å². The number of piperidine rings is 4. The number of pyridine rings is 1. The number of phenols is 1. The number of likely N-dealkylation sites (tertiary alicyclic amines) is 2. The van der Waals surface area contributed by atoms with E-state index in [2.05, 4.69) is 52.2 Å². The maximum atomic E-state index is 17.0. The van der Waals surface area contributed by atoms with Gasteiger partial charge in [0.05, 0.1) is 10.9 Å². The van der Waals surface area contributed by atoms with Crippen molar-refractivity contribution in [3.8, 4) is 35.4 Å². The molecule has 12 rings (SSSR count). The number of aromatic hydroxyl groups is 1. The molecule has 6 saturated heterocycles. The summed E-state index contributed by atoms with van der Waals surface area (Å²) >= 11 is 0. The van der Waals surface area contributed by atoms with Crippen LogP contribution in [0.1, 0.15) is 92.1 Å². The van der Waals surface area contributed by atoms with Crippen LogP contribution in [0, 0.1) is 35.8 Å². The van der Waals surface area contributed by atoms with Crippen molar-refractivity contribution >= 4 is 50.9 Å². The summed E-state index contributed by atoms with van der Waals surface area (Å²) in [6.07, 6.45) is 15.4. The number of phenolic OH excluding ortho intramolecular Hbond substituents is 1. The lowest BCUT2D eigenvalue weighted by atomic mass is 9.80. The number of hydrogen-bond acceptors (Lipinski definition) is 13. The lowest BCUT2D eigenvalue weighted by Gasteiger charge is -2.42. The standard InChI is InChI=1S/C57H63F3N10O5/c1-2-40-45(58)9-6-36-26-39(71)27-42(49(36)40)51-50(59)52-43(29-61-51)53(69-31-37-7-8-38(32-69)62-37)65-56(64-52)75-25-24-66-18-12-34(13-19-66)28-57(60)16-22-67(23-17-57)30-35-14-20-68(21-15-35)46-5-3-4-41-44(46)33-70(55(41)74)47-10-11-48(72)63-54(47)73/h1,3-6,9,26-27,29,34-35,37-38,47,62,71H,7-8,10-25,28,30-33H2,(H,63,72,73). The zero-order valence-electron chi connectivity index (χ0n) is 42.1. The number of imide groups is 1. The van der Waals surface area contributed by atoms with E-state index in [-0.39, 0.29) is 76.4 Å². The van der Waals surface area contributed by atoms with Crippen molar-refractivity contribution in [3.63, 3.8) is 0 Å². The highest BCUT2D eigenvalue weighted by Gasteiger charge is 2.42. The fourth-order valence-electron chi connectivity index (χ4n) is 13.4. The van der Waals surface area contributed by atoms with Crippen LogP contribution in [0.15, 0.2) is 48.7 Å². The van der Waals surface area contributed by atoms with Gasteiger partial charge in [-0.3, -0.25) is 29.6 Å². The Morgan fingerprint density at radius 2 is 1.61 bits per heavy atom. The van der Waals surface area contributed by atoms with Gasteiger partial charge in [0.25, 0.3) is 5.91 Å². The number of amides is 3. The summed E-state index contributed by atoms with van der Waals surface area (Å²) in [5.74, 6) is 1.35. The molecule has 5 aromatic rings. The van der Waals surface area contributed by atoms with Gasteiger partial charge in [0.2, 0.25) is 11.8 Å². The molecule has 0 aliphatic carbocycles. The second-order valence-electron chi connectivity index (χ2n) is 22.1. The molecular formula is C57H63F3N10O5. The lowest BCUT2D eigenvalue weighted by molar-refractivity contribution is -0.136. The molecule has 75 heavy (non-hydrogen) atoms. The van der Waals surface area contributed by atoms with Gasteiger partial charge in [-0.05, 0) is 125 Å². The number of hydrogen-bond donors (Lipinski definition) is 3. The first-order valence-electron chi connectivity index (χ1n) is 26.9. The number of fused-ring (bicyclic) bond motifs is 5. The Labute approximate surface area is 434 Å². The van der Waals surface area contributed by atoms with Gasteiger partial charge in [0.1, 0.15) is 46.9 Å². The van der Waals surface area contributed by atoms with Gasteiger partial charge in [0.15, 0.2) is 5.82 Å². The summed E-state index contributed by atoms with van der Waals surface area (Å²) in [7, 11) is 0. The van der Waals surface area contributed by atoms with Crippen LogP contribution in [0.25, 0.3) is 32.9 Å². The van der Waals surface area contributed by atoms with E-state index in [0.29, 0.717) is 85.9 Å². The molecule has 0 saturated carbocycles. The van der Waals surface area contributed by atoms with Gasteiger partial charge in [-0.15, -0.1) is 6.42 Å². The monoisotopic (exact) mass is 1020 g/mol. The first-order chi connectivity index (χ1) is 36.4. The SMILES string of the molecule is C#Cc1c(F)ccc2cc(O)cc(-c3ncc4c(N5CC6CCC(C5)N6)nc(OCCN5CCC(CC6(F)CCN(CC7CCN(c8cccc9c8CN(C8CCC(=O)NC8=O)C9=O)CC7)CC6)CC5)nc4c3F)c12. The van der Waals surface area contributed by atoms with Crippen molar-refractivity contribution in [2.75, 3.05) is 81.9 Å². The summed E-state index contributed by atoms with van der Waals surface area (Å²) in [5, 5.41) is 17.8. The number of piperazine rings is 1. The van der Waals surface area contributed by atoms with Gasteiger partial charge in [-0.1, -0.05) is 18.1 Å². The number of alkyl halides is 1. The van der Waals surface area contributed by atoms with Crippen molar-refractivity contribution in [1.82, 2.24) is 40.3 Å². The smallest absolute Gasteiger partial charge is 0.319 e. The van der Waals surface area contributed by atoms with Crippen LogP contribution in [0.3, 0.4) is 0 Å². The second-order valence-corrected chi connectivity index (χ2v) is 22.1. The Balaban J connectivity index is 0.633. The topological polar surface area (TPSA) is 160 Å². The molecule has 3 unspecified atom stereocenters. The number of carbonyl (C=O) groups excluding carboxylic acids is 3. The number of anilines is 2. The molecule has 2 bridgehead atoms. The van der Waals surface area contributed by atoms with Gasteiger partial charge in [-0.2, -0.15) is 9.97 Å². The summed E-state index contributed by atoms with van der Waals surface area (Å²) in [5.41, 5.74) is 1.43. The number of nitrogens with one attached hydrogen (secondary N) is 2. The van der Waals surface area contributed by atoms with Crippen LogP contribution < -0.4 is 25.2 Å². The molecule has 6 fully saturated rings. The van der Waals surface area contributed by atoms with Gasteiger partial charge in [-0.25, -0.2) is 13.2 Å². The Morgan fingerprint density at radius 3 is 2.36 bits per heavy atom. The van der Waals surface area contributed by atoms with Crippen LogP contribution in [-0.2, 0) is 16.1 Å². The average molecular weight is 1030 g/mol. The van der Waals surface area contributed by atoms with Crippen molar-refractivity contribution in [2.45, 2.75) is 101 Å². The number of benzene rings is 3. The average Bonchev–Trinajstić information content (AvgIpc) is 3.95. The predicted octanol–water partition coefficient (Wildman–Crippen LogP) is 6.71. The quantitative estimate of drug-likeness (QED) is 0.0895. The zero-order chi connectivity index (χ0) is 51.5. The van der Waals surface area contributed by atoms with E-state index in [1.165, 1.54) is 30.5 Å². The summed E-state index contributed by atoms with van der Waals surface area (Å²) < 4.78 is 54.9. The number of halogens is 3. The molecule has 3 N–H and O–H groups in total. The summed E-state index contributed by atoms with van der Waals surface area (Å²) in [6.45, 7) is 8.46. The van der Waals surface area contributed by atoms with Crippen molar-refractivity contribution in [1.29, 1.82) is 0 Å². The molecule has 0 spiro atoms. The van der Waals surface area contributed by atoms with E-state index < -0.39 is 29.3 Å². The molecule has 15 nitrogen and oxygen atoms in total. The minimum Gasteiger partial charge on any atom is -0.508 e. The highest BCUT2D eigenvalue weighted by Crippen LogP contribution is 2.42. The van der Waals surface area contributed by atoms with E-state index in [4.69, 9.17) is 16.1 Å². The van der Waals surface area contributed by atoms with E-state index in [9.17, 15) is 19.5 Å². The zero-order valence-corrected chi connectivity index (χ0v) is 42.1. The Bertz CT molecular complexity index is 3100.